The van der Waals surface area contributed by atoms with Crippen LogP contribution < -0.4 is 15.7 Å². The van der Waals surface area contributed by atoms with Gasteiger partial charge in [0.25, 0.3) is 11.5 Å². The minimum absolute atomic E-state index is 0.315. The lowest BCUT2D eigenvalue weighted by Crippen LogP contribution is -2.27. The van der Waals surface area contributed by atoms with Crippen LogP contribution in [-0.2, 0) is 0 Å². The molecule has 0 bridgehead atoms. The maximum absolute atomic E-state index is 12.3. The smallest absolute Gasteiger partial charge is 0.295 e. The fourth-order valence-electron chi connectivity index (χ4n) is 2.27. The molecule has 3 rings (SSSR count). The summed E-state index contributed by atoms with van der Waals surface area (Å²) in [5, 5.41) is 17.7. The van der Waals surface area contributed by atoms with Gasteiger partial charge >= 0.3 is 0 Å². The molecule has 0 aliphatic heterocycles. The van der Waals surface area contributed by atoms with E-state index in [1.165, 1.54) is 6.21 Å². The summed E-state index contributed by atoms with van der Waals surface area (Å²) in [6.45, 7) is 0. The first-order valence-corrected chi connectivity index (χ1v) is 7.94. The maximum Gasteiger partial charge on any atom is 0.295 e. The van der Waals surface area contributed by atoms with Crippen LogP contribution in [0.3, 0.4) is 0 Å². The van der Waals surface area contributed by atoms with Crippen molar-refractivity contribution in [2.24, 2.45) is 5.10 Å². The van der Waals surface area contributed by atoms with Crippen molar-refractivity contribution >= 4 is 12.1 Å². The second-order valence-corrected chi connectivity index (χ2v) is 5.44. The lowest BCUT2D eigenvalue weighted by atomic mass is 10.2. The summed E-state index contributed by atoms with van der Waals surface area (Å²) in [4.78, 5) is 24.3. The molecule has 1 amide bonds. The lowest BCUT2D eigenvalue weighted by Gasteiger charge is -2.07. The van der Waals surface area contributed by atoms with Gasteiger partial charge in [-0.15, -0.1) is 0 Å². The van der Waals surface area contributed by atoms with Crippen LogP contribution in [-0.4, -0.2) is 34.1 Å². The molecule has 136 valence electrons. The molecule has 2 aromatic carbocycles. The van der Waals surface area contributed by atoms with Gasteiger partial charge in [-0.3, -0.25) is 9.59 Å². The normalized spacial score (nSPS) is 10.7. The number of hydrazone groups is 1. The fourth-order valence-corrected chi connectivity index (χ4v) is 2.27. The molecule has 1 aromatic heterocycles. The Kier molecular flexibility index (Phi) is 5.27. The molecule has 0 fully saturated rings. The number of carbonyl (C=O) groups is 1. The zero-order valence-corrected chi connectivity index (χ0v) is 14.4. The Balaban J connectivity index is 1.80. The van der Waals surface area contributed by atoms with Crippen LogP contribution in [0.2, 0.25) is 0 Å². The highest BCUT2D eigenvalue weighted by atomic mass is 16.5. The van der Waals surface area contributed by atoms with Gasteiger partial charge in [0.1, 0.15) is 5.75 Å². The highest BCUT2D eigenvalue weighted by molar-refractivity contribution is 5.95. The van der Waals surface area contributed by atoms with Crippen molar-refractivity contribution in [2.45, 2.75) is 0 Å². The SMILES string of the molecule is COc1ccc(/C=N/NC(=O)c2nn(-c3ccccc3)c(=O)cc2O)cc1. The Morgan fingerprint density at radius 2 is 1.89 bits per heavy atom. The van der Waals surface area contributed by atoms with E-state index in [-0.39, 0.29) is 5.69 Å². The maximum atomic E-state index is 12.3. The van der Waals surface area contributed by atoms with Gasteiger partial charge in [-0.25, -0.2) is 5.43 Å². The molecule has 2 N–H and O–H groups in total. The number of nitrogens with one attached hydrogen (secondary N) is 1. The third-order valence-corrected chi connectivity index (χ3v) is 3.62. The molecule has 8 heteroatoms. The van der Waals surface area contributed by atoms with E-state index in [1.807, 2.05) is 0 Å². The van der Waals surface area contributed by atoms with Crippen LogP contribution in [0.25, 0.3) is 5.69 Å². The van der Waals surface area contributed by atoms with Gasteiger partial charge in [0.15, 0.2) is 11.4 Å². The van der Waals surface area contributed by atoms with Gasteiger partial charge in [-0.05, 0) is 42.0 Å². The minimum Gasteiger partial charge on any atom is -0.505 e. The summed E-state index contributed by atoms with van der Waals surface area (Å²) in [6, 6.07) is 16.5. The highest BCUT2D eigenvalue weighted by Crippen LogP contribution is 2.13. The number of carbonyl (C=O) groups excluding carboxylic acids is 1. The lowest BCUT2D eigenvalue weighted by molar-refractivity contribution is 0.0945. The van der Waals surface area contributed by atoms with Crippen molar-refractivity contribution in [3.05, 3.63) is 82.3 Å². The first-order chi connectivity index (χ1) is 13.1. The fraction of sp³-hybridized carbons (Fsp3) is 0.0526. The number of aromatic nitrogens is 2. The Labute approximate surface area is 154 Å². The third-order valence-electron chi connectivity index (χ3n) is 3.62. The van der Waals surface area contributed by atoms with Crippen LogP contribution in [0.15, 0.2) is 70.6 Å². The summed E-state index contributed by atoms with van der Waals surface area (Å²) in [5.74, 6) is -0.570. The van der Waals surface area contributed by atoms with E-state index in [9.17, 15) is 14.7 Å². The van der Waals surface area contributed by atoms with E-state index in [0.717, 1.165) is 16.3 Å². The molecule has 27 heavy (non-hydrogen) atoms. The first kappa shape index (κ1) is 17.9. The van der Waals surface area contributed by atoms with Crippen LogP contribution in [0.1, 0.15) is 16.1 Å². The topological polar surface area (TPSA) is 106 Å². The van der Waals surface area contributed by atoms with E-state index in [4.69, 9.17) is 4.74 Å². The largest absolute Gasteiger partial charge is 0.505 e. The zero-order chi connectivity index (χ0) is 19.2. The number of nitrogens with zero attached hydrogens (tertiary/aromatic N) is 3. The molecule has 0 aliphatic rings. The van der Waals surface area contributed by atoms with E-state index in [1.54, 1.807) is 61.7 Å². The molecule has 1 heterocycles. The average Bonchev–Trinajstić information content (AvgIpc) is 2.69. The molecule has 0 atom stereocenters. The molecule has 0 aliphatic carbocycles. The number of methoxy groups -OCH3 is 1. The summed E-state index contributed by atoms with van der Waals surface area (Å²) < 4.78 is 6.09. The van der Waals surface area contributed by atoms with Crippen LogP contribution in [0, 0.1) is 0 Å². The van der Waals surface area contributed by atoms with Crippen LogP contribution in [0.4, 0.5) is 0 Å². The van der Waals surface area contributed by atoms with Crippen molar-refractivity contribution in [2.75, 3.05) is 7.11 Å². The predicted octanol–water partition coefficient (Wildman–Crippen LogP) is 1.71. The second kappa shape index (κ2) is 7.96. The van der Waals surface area contributed by atoms with Gasteiger partial charge in [0.05, 0.1) is 19.0 Å². The molecule has 3 aromatic rings. The summed E-state index contributed by atoms with van der Waals surface area (Å²) in [6.07, 6.45) is 1.43. The highest BCUT2D eigenvalue weighted by Gasteiger charge is 2.16. The number of ether oxygens (including phenoxy) is 1. The van der Waals surface area contributed by atoms with Crippen LogP contribution in [0.5, 0.6) is 11.5 Å². The van der Waals surface area contributed by atoms with Crippen molar-refractivity contribution in [1.29, 1.82) is 0 Å². The van der Waals surface area contributed by atoms with Gasteiger partial charge in [-0.1, -0.05) is 18.2 Å². The summed E-state index contributed by atoms with van der Waals surface area (Å²) in [7, 11) is 1.57. The van der Waals surface area contributed by atoms with Gasteiger partial charge < -0.3 is 9.84 Å². The first-order valence-electron chi connectivity index (χ1n) is 7.94. The summed E-state index contributed by atoms with van der Waals surface area (Å²) in [5.41, 5.74) is 2.61. The molecule has 0 spiro atoms. The Hall–Kier alpha value is -3.94. The monoisotopic (exact) mass is 364 g/mol. The second-order valence-electron chi connectivity index (χ2n) is 5.44. The quantitative estimate of drug-likeness (QED) is 0.530. The number of para-hydroxylation sites is 1. The Morgan fingerprint density at radius 1 is 1.19 bits per heavy atom. The van der Waals surface area contributed by atoms with E-state index in [2.05, 4.69) is 15.6 Å². The van der Waals surface area contributed by atoms with Crippen molar-refractivity contribution in [1.82, 2.24) is 15.2 Å². The predicted molar refractivity (Wildman–Crippen MR) is 99.6 cm³/mol. The number of aromatic hydroxyl groups is 1. The average molecular weight is 364 g/mol. The standard InChI is InChI=1S/C19H16N4O4/c1-27-15-9-7-13(8-10-15)12-20-21-19(26)18-16(24)11-17(25)23(22-18)14-5-3-2-4-6-14/h2-12,24H,1H3,(H,21,26)/b20-12+. The van der Waals surface area contributed by atoms with Gasteiger partial charge in [0, 0.05) is 6.07 Å². The van der Waals surface area contributed by atoms with E-state index >= 15 is 0 Å². The molecular formula is C19H16N4O4. The number of hydrogen-bond donors (Lipinski definition) is 2. The number of rotatable bonds is 5. The molecule has 0 radical (unpaired) electrons. The van der Waals surface area contributed by atoms with E-state index in [0.29, 0.717) is 11.4 Å². The minimum atomic E-state index is -0.748. The third kappa shape index (κ3) is 4.18. The Bertz CT molecular complexity index is 1030. The number of benzene rings is 2. The van der Waals surface area contributed by atoms with E-state index < -0.39 is 17.2 Å². The molecule has 0 unspecified atom stereocenters. The van der Waals surface area contributed by atoms with Gasteiger partial charge in [0.2, 0.25) is 0 Å². The number of amides is 1. The number of hydrogen-bond acceptors (Lipinski definition) is 6. The van der Waals surface area contributed by atoms with Crippen molar-refractivity contribution < 1.29 is 14.6 Å². The summed E-state index contributed by atoms with van der Waals surface area (Å²) >= 11 is 0. The van der Waals surface area contributed by atoms with Crippen molar-refractivity contribution in [3.63, 3.8) is 0 Å². The van der Waals surface area contributed by atoms with Crippen LogP contribution >= 0.6 is 0 Å². The molecule has 8 nitrogen and oxygen atoms in total. The van der Waals surface area contributed by atoms with Gasteiger partial charge in [-0.2, -0.15) is 14.9 Å². The Morgan fingerprint density at radius 3 is 2.56 bits per heavy atom. The molecule has 0 saturated heterocycles. The molecular weight excluding hydrogens is 348 g/mol. The van der Waals surface area contributed by atoms with Crippen molar-refractivity contribution in [3.8, 4) is 17.2 Å². The zero-order valence-electron chi connectivity index (χ0n) is 14.4. The molecule has 0 saturated carbocycles.